The van der Waals surface area contributed by atoms with E-state index in [2.05, 4.69) is 0 Å². The second-order valence-corrected chi connectivity index (χ2v) is 11.6. The molecule has 1 aromatic heterocycles. The number of aliphatic hydroxyl groups excluding tert-OH is 2. The first-order valence-electron chi connectivity index (χ1n) is 12.3. The van der Waals surface area contributed by atoms with Gasteiger partial charge in [0.15, 0.2) is 0 Å². The topological polar surface area (TPSA) is 133 Å². The summed E-state index contributed by atoms with van der Waals surface area (Å²) in [5, 5.41) is 29.3. The predicted octanol–water partition coefficient (Wildman–Crippen LogP) is 3.61. The smallest absolute Gasteiger partial charge is 0.305 e. The van der Waals surface area contributed by atoms with Gasteiger partial charge in [-0.2, -0.15) is 4.31 Å². The van der Waals surface area contributed by atoms with Crippen LogP contribution in [0.15, 0.2) is 59.5 Å². The number of hydrogen-bond donors (Lipinski definition) is 3. The minimum atomic E-state index is -3.79. The van der Waals surface area contributed by atoms with Gasteiger partial charge in [0, 0.05) is 24.3 Å². The first kappa shape index (κ1) is 29.4. The van der Waals surface area contributed by atoms with Crippen LogP contribution in [0, 0.1) is 5.82 Å². The number of imidazole rings is 1. The standard InChI is InChI=1S/C27H34FN3O6S/c1-18(2)31-24(14-13-21(32)15-22(33)16-26(34)35)27(19-9-11-20(28)12-10-19)29-25(31)17-30(3)38(36,37)23-7-5-4-6-8-23/h4-12,18,21-22,32-33H,13-17H2,1-3H3,(H,34,35)/t21-,22-/m1/s1. The van der Waals surface area contributed by atoms with Crippen molar-refractivity contribution in [3.63, 3.8) is 0 Å². The van der Waals surface area contributed by atoms with E-state index in [1.54, 1.807) is 30.3 Å². The van der Waals surface area contributed by atoms with Gasteiger partial charge in [0.2, 0.25) is 10.0 Å². The van der Waals surface area contributed by atoms with Crippen LogP contribution in [0.25, 0.3) is 11.3 Å². The molecular weight excluding hydrogens is 513 g/mol. The SMILES string of the molecule is CC(C)n1c(CN(C)S(=O)(=O)c2ccccc2)nc(-c2ccc(F)cc2)c1CC[C@@H](O)C[C@@H](O)CC(=O)O. The molecular formula is C27H34FN3O6S. The Morgan fingerprint density at radius 1 is 1.05 bits per heavy atom. The van der Waals surface area contributed by atoms with Crippen LogP contribution in [0.5, 0.6) is 0 Å². The molecule has 0 aliphatic heterocycles. The molecule has 0 spiro atoms. The van der Waals surface area contributed by atoms with Gasteiger partial charge in [-0.25, -0.2) is 17.8 Å². The number of hydrogen-bond acceptors (Lipinski definition) is 6. The highest BCUT2D eigenvalue weighted by atomic mass is 32.2. The van der Waals surface area contributed by atoms with Crippen molar-refractivity contribution in [3.8, 4) is 11.3 Å². The van der Waals surface area contributed by atoms with Crippen molar-refractivity contribution in [3.05, 3.63) is 71.9 Å². The summed E-state index contributed by atoms with van der Waals surface area (Å²) in [7, 11) is -2.31. The third-order valence-corrected chi connectivity index (χ3v) is 8.02. The lowest BCUT2D eigenvalue weighted by Crippen LogP contribution is -2.28. The number of benzene rings is 2. The summed E-state index contributed by atoms with van der Waals surface area (Å²) in [4.78, 5) is 15.8. The molecule has 0 fully saturated rings. The molecule has 0 amide bonds. The zero-order valence-corrected chi connectivity index (χ0v) is 22.5. The fourth-order valence-electron chi connectivity index (χ4n) is 4.39. The van der Waals surface area contributed by atoms with Crippen molar-refractivity contribution in [2.45, 2.75) is 69.2 Å². The van der Waals surface area contributed by atoms with E-state index in [1.807, 2.05) is 18.4 Å². The van der Waals surface area contributed by atoms with Gasteiger partial charge in [-0.3, -0.25) is 4.79 Å². The van der Waals surface area contributed by atoms with E-state index in [9.17, 15) is 27.8 Å². The van der Waals surface area contributed by atoms with Crippen LogP contribution < -0.4 is 0 Å². The molecule has 3 aromatic rings. The number of halogens is 1. The summed E-state index contributed by atoms with van der Waals surface area (Å²) < 4.78 is 43.1. The monoisotopic (exact) mass is 547 g/mol. The molecule has 0 unspecified atom stereocenters. The number of carboxylic acid groups (broad SMARTS) is 1. The minimum Gasteiger partial charge on any atom is -0.481 e. The van der Waals surface area contributed by atoms with Crippen LogP contribution >= 0.6 is 0 Å². The average molecular weight is 548 g/mol. The molecule has 206 valence electrons. The van der Waals surface area contributed by atoms with Crippen LogP contribution in [0.3, 0.4) is 0 Å². The van der Waals surface area contributed by atoms with E-state index >= 15 is 0 Å². The molecule has 0 bridgehead atoms. The molecule has 3 N–H and O–H groups in total. The maximum Gasteiger partial charge on any atom is 0.305 e. The third kappa shape index (κ3) is 7.25. The highest BCUT2D eigenvalue weighted by Crippen LogP contribution is 2.30. The number of aliphatic hydroxyl groups is 2. The molecule has 0 radical (unpaired) electrons. The van der Waals surface area contributed by atoms with E-state index in [-0.39, 0.29) is 30.3 Å². The van der Waals surface area contributed by atoms with Gasteiger partial charge in [-0.05, 0) is 69.5 Å². The number of rotatable bonds is 13. The van der Waals surface area contributed by atoms with Crippen LogP contribution in [0.2, 0.25) is 0 Å². The average Bonchev–Trinajstić information content (AvgIpc) is 3.21. The number of aliphatic carboxylic acids is 1. The van der Waals surface area contributed by atoms with Crippen molar-refractivity contribution >= 4 is 16.0 Å². The Bertz CT molecular complexity index is 1330. The molecule has 0 aliphatic rings. The quantitative estimate of drug-likeness (QED) is 0.298. The Labute approximate surface area is 222 Å². The summed E-state index contributed by atoms with van der Waals surface area (Å²) >= 11 is 0. The summed E-state index contributed by atoms with van der Waals surface area (Å²) in [5.41, 5.74) is 1.90. The molecule has 2 atom stereocenters. The fraction of sp³-hybridized carbons (Fsp3) is 0.407. The molecule has 38 heavy (non-hydrogen) atoms. The third-order valence-electron chi connectivity index (χ3n) is 6.20. The first-order chi connectivity index (χ1) is 17.9. The van der Waals surface area contributed by atoms with Crippen molar-refractivity contribution < 1.29 is 32.9 Å². The van der Waals surface area contributed by atoms with Crippen LogP contribution in [0.1, 0.15) is 50.7 Å². The van der Waals surface area contributed by atoms with Crippen molar-refractivity contribution in [2.24, 2.45) is 0 Å². The summed E-state index contributed by atoms with van der Waals surface area (Å²) in [6.07, 6.45) is -2.19. The maximum absolute atomic E-state index is 13.6. The van der Waals surface area contributed by atoms with Crippen molar-refractivity contribution in [1.82, 2.24) is 13.9 Å². The van der Waals surface area contributed by atoms with E-state index in [0.29, 0.717) is 23.5 Å². The van der Waals surface area contributed by atoms with Crippen molar-refractivity contribution in [1.29, 1.82) is 0 Å². The summed E-state index contributed by atoms with van der Waals surface area (Å²) in [6.45, 7) is 3.84. The lowest BCUT2D eigenvalue weighted by molar-refractivity contribution is -0.139. The number of carbonyl (C=O) groups is 1. The van der Waals surface area contributed by atoms with Gasteiger partial charge < -0.3 is 19.9 Å². The second kappa shape index (κ2) is 12.6. The van der Waals surface area contributed by atoms with E-state index in [0.717, 1.165) is 5.69 Å². The first-order valence-corrected chi connectivity index (χ1v) is 13.8. The Morgan fingerprint density at radius 2 is 1.68 bits per heavy atom. The summed E-state index contributed by atoms with van der Waals surface area (Å²) in [6, 6.07) is 13.8. The van der Waals surface area contributed by atoms with Gasteiger partial charge in [-0.1, -0.05) is 18.2 Å². The normalized spacial score (nSPS) is 13.7. The van der Waals surface area contributed by atoms with E-state index < -0.39 is 40.4 Å². The van der Waals surface area contributed by atoms with Crippen LogP contribution in [-0.2, 0) is 27.8 Å². The van der Waals surface area contributed by atoms with Gasteiger partial charge >= 0.3 is 5.97 Å². The Hall–Kier alpha value is -3.12. The molecule has 0 aliphatic carbocycles. The number of sulfonamides is 1. The lowest BCUT2D eigenvalue weighted by atomic mass is 10.0. The maximum atomic E-state index is 13.6. The van der Waals surface area contributed by atoms with Crippen molar-refractivity contribution in [2.75, 3.05) is 7.05 Å². The Morgan fingerprint density at radius 3 is 2.26 bits per heavy atom. The van der Waals surface area contributed by atoms with Crippen LogP contribution in [0.4, 0.5) is 4.39 Å². The molecule has 9 nitrogen and oxygen atoms in total. The molecule has 11 heteroatoms. The highest BCUT2D eigenvalue weighted by molar-refractivity contribution is 7.89. The lowest BCUT2D eigenvalue weighted by Gasteiger charge is -2.21. The molecule has 0 saturated carbocycles. The molecule has 0 saturated heterocycles. The van der Waals surface area contributed by atoms with Gasteiger partial charge in [0.1, 0.15) is 11.6 Å². The van der Waals surface area contributed by atoms with Crippen LogP contribution in [-0.4, -0.2) is 62.8 Å². The minimum absolute atomic E-state index is 0.0243. The van der Waals surface area contributed by atoms with Gasteiger partial charge in [-0.15, -0.1) is 0 Å². The van der Waals surface area contributed by atoms with E-state index in [1.165, 1.54) is 35.6 Å². The van der Waals surface area contributed by atoms with Gasteiger partial charge in [0.25, 0.3) is 0 Å². The van der Waals surface area contributed by atoms with E-state index in [4.69, 9.17) is 10.1 Å². The fourth-order valence-corrected chi connectivity index (χ4v) is 5.54. The Balaban J connectivity index is 1.97. The number of aromatic nitrogens is 2. The molecule has 2 aromatic carbocycles. The predicted molar refractivity (Wildman–Crippen MR) is 140 cm³/mol. The number of carboxylic acids is 1. The van der Waals surface area contributed by atoms with Gasteiger partial charge in [0.05, 0.1) is 35.8 Å². The molecule has 1 heterocycles. The Kier molecular flexibility index (Phi) is 9.77. The number of nitrogens with zero attached hydrogens (tertiary/aromatic N) is 3. The largest absolute Gasteiger partial charge is 0.481 e. The molecule has 3 rings (SSSR count). The highest BCUT2D eigenvalue weighted by Gasteiger charge is 2.27. The summed E-state index contributed by atoms with van der Waals surface area (Å²) in [5.74, 6) is -1.08. The second-order valence-electron chi connectivity index (χ2n) is 9.55. The zero-order chi connectivity index (χ0) is 28.0. The zero-order valence-electron chi connectivity index (χ0n) is 21.7.